The summed E-state index contributed by atoms with van der Waals surface area (Å²) in [4.78, 5) is 14.6. The molecule has 1 fully saturated rings. The van der Waals surface area contributed by atoms with Crippen molar-refractivity contribution in [2.24, 2.45) is 0 Å². The number of nitrogens with zero attached hydrogens (tertiary/aromatic N) is 1. The summed E-state index contributed by atoms with van der Waals surface area (Å²) in [5, 5.41) is 6.01. The summed E-state index contributed by atoms with van der Waals surface area (Å²) in [7, 11) is 1.66. The molecular formula is C19H31N3O3. The fourth-order valence-corrected chi connectivity index (χ4v) is 3.06. The van der Waals surface area contributed by atoms with Crippen LogP contribution in [0.1, 0.15) is 26.3 Å². The Kier molecular flexibility index (Phi) is 7.08. The molecule has 1 aliphatic heterocycles. The fourth-order valence-electron chi connectivity index (χ4n) is 3.06. The maximum absolute atomic E-state index is 12.2. The third kappa shape index (κ3) is 6.21. The molecule has 6 nitrogen and oxygen atoms in total. The van der Waals surface area contributed by atoms with Crippen LogP contribution in [0, 0.1) is 0 Å². The predicted octanol–water partition coefficient (Wildman–Crippen LogP) is 2.04. The molecule has 0 bridgehead atoms. The summed E-state index contributed by atoms with van der Waals surface area (Å²) >= 11 is 0. The zero-order chi connectivity index (χ0) is 18.3. The van der Waals surface area contributed by atoms with Crippen molar-refractivity contribution in [2.75, 3.05) is 40.0 Å². The van der Waals surface area contributed by atoms with Crippen molar-refractivity contribution in [3.05, 3.63) is 29.8 Å². The first-order valence-electron chi connectivity index (χ1n) is 8.91. The third-order valence-corrected chi connectivity index (χ3v) is 4.60. The summed E-state index contributed by atoms with van der Waals surface area (Å²) in [5.74, 6) is 0.835. The van der Waals surface area contributed by atoms with Crippen LogP contribution in [0.3, 0.4) is 0 Å². The number of hydrogen-bond acceptors (Lipinski definition) is 4. The standard InChI is InChI=1S/C19H31N3O3/c1-15(12-16-6-5-7-17(13-16)24-4)21-18(23)20-14-19(2,3)22-8-10-25-11-9-22/h5-7,13,15H,8-12,14H2,1-4H3,(H2,20,21,23)/t15-/m1/s1. The highest BCUT2D eigenvalue weighted by atomic mass is 16.5. The molecule has 0 saturated carbocycles. The van der Waals surface area contributed by atoms with Gasteiger partial charge in [-0.1, -0.05) is 12.1 Å². The SMILES string of the molecule is COc1cccc(C[C@@H](C)NC(=O)NCC(C)(C)N2CCOCC2)c1. The van der Waals surface area contributed by atoms with Crippen LogP contribution in [0.5, 0.6) is 5.75 Å². The minimum Gasteiger partial charge on any atom is -0.497 e. The van der Waals surface area contributed by atoms with E-state index in [1.165, 1.54) is 0 Å². The Bertz CT molecular complexity index is 557. The number of nitrogens with one attached hydrogen (secondary N) is 2. The molecule has 1 aliphatic rings. The Balaban J connectivity index is 1.76. The number of carbonyl (C=O) groups is 1. The molecule has 0 radical (unpaired) electrons. The van der Waals surface area contributed by atoms with E-state index in [-0.39, 0.29) is 17.6 Å². The lowest BCUT2D eigenvalue weighted by Gasteiger charge is -2.40. The zero-order valence-electron chi connectivity index (χ0n) is 15.8. The van der Waals surface area contributed by atoms with E-state index in [4.69, 9.17) is 9.47 Å². The van der Waals surface area contributed by atoms with E-state index >= 15 is 0 Å². The van der Waals surface area contributed by atoms with E-state index in [1.54, 1.807) is 7.11 Å². The van der Waals surface area contributed by atoms with Crippen LogP contribution in [0.4, 0.5) is 4.79 Å². The van der Waals surface area contributed by atoms with Gasteiger partial charge in [0.1, 0.15) is 5.75 Å². The molecule has 0 unspecified atom stereocenters. The molecule has 1 atom stereocenters. The lowest BCUT2D eigenvalue weighted by molar-refractivity contribution is -0.00876. The molecule has 140 valence electrons. The highest BCUT2D eigenvalue weighted by molar-refractivity contribution is 5.74. The van der Waals surface area contributed by atoms with Crippen molar-refractivity contribution in [1.82, 2.24) is 15.5 Å². The summed E-state index contributed by atoms with van der Waals surface area (Å²) in [6.45, 7) is 10.2. The van der Waals surface area contributed by atoms with Crippen LogP contribution in [-0.4, -0.2) is 62.5 Å². The Labute approximate surface area is 150 Å². The number of amides is 2. The van der Waals surface area contributed by atoms with Crippen LogP contribution in [0.15, 0.2) is 24.3 Å². The van der Waals surface area contributed by atoms with E-state index in [2.05, 4.69) is 29.4 Å². The monoisotopic (exact) mass is 349 g/mol. The number of morpholine rings is 1. The second-order valence-corrected chi connectivity index (χ2v) is 7.20. The molecule has 2 N–H and O–H groups in total. The average Bonchev–Trinajstić information content (AvgIpc) is 2.61. The number of ether oxygens (including phenoxy) is 2. The molecule has 1 aromatic carbocycles. The highest BCUT2D eigenvalue weighted by Crippen LogP contribution is 2.15. The molecular weight excluding hydrogens is 318 g/mol. The number of carbonyl (C=O) groups excluding carboxylic acids is 1. The van der Waals surface area contributed by atoms with Crippen molar-refractivity contribution in [3.63, 3.8) is 0 Å². The van der Waals surface area contributed by atoms with Gasteiger partial charge >= 0.3 is 6.03 Å². The molecule has 1 saturated heterocycles. The molecule has 25 heavy (non-hydrogen) atoms. The van der Waals surface area contributed by atoms with Crippen LogP contribution < -0.4 is 15.4 Å². The highest BCUT2D eigenvalue weighted by Gasteiger charge is 2.28. The first-order chi connectivity index (χ1) is 11.9. The summed E-state index contributed by atoms with van der Waals surface area (Å²) in [5.41, 5.74) is 1.05. The molecule has 2 amide bonds. The second kappa shape index (κ2) is 9.06. The Morgan fingerprint density at radius 1 is 1.36 bits per heavy atom. The first-order valence-corrected chi connectivity index (χ1v) is 8.91. The molecule has 2 rings (SSSR count). The minimum absolute atomic E-state index is 0.0404. The number of rotatable bonds is 7. The van der Waals surface area contributed by atoms with E-state index in [0.29, 0.717) is 6.54 Å². The van der Waals surface area contributed by atoms with E-state index in [0.717, 1.165) is 44.0 Å². The van der Waals surface area contributed by atoms with Crippen LogP contribution in [0.25, 0.3) is 0 Å². The van der Waals surface area contributed by atoms with Crippen molar-refractivity contribution >= 4 is 6.03 Å². The molecule has 0 spiro atoms. The lowest BCUT2D eigenvalue weighted by atomic mass is 10.0. The van der Waals surface area contributed by atoms with Gasteiger partial charge in [0, 0.05) is 31.2 Å². The molecule has 0 aromatic heterocycles. The molecule has 0 aliphatic carbocycles. The van der Waals surface area contributed by atoms with Gasteiger partial charge < -0.3 is 20.1 Å². The largest absolute Gasteiger partial charge is 0.497 e. The number of benzene rings is 1. The van der Waals surface area contributed by atoms with Gasteiger partial charge in [-0.2, -0.15) is 0 Å². The van der Waals surface area contributed by atoms with Gasteiger partial charge in [0.25, 0.3) is 0 Å². The van der Waals surface area contributed by atoms with Crippen LogP contribution in [-0.2, 0) is 11.2 Å². The topological polar surface area (TPSA) is 62.8 Å². The van der Waals surface area contributed by atoms with E-state index in [9.17, 15) is 4.79 Å². The van der Waals surface area contributed by atoms with Crippen LogP contribution in [0.2, 0.25) is 0 Å². The van der Waals surface area contributed by atoms with E-state index < -0.39 is 0 Å². The van der Waals surface area contributed by atoms with Crippen LogP contribution >= 0.6 is 0 Å². The van der Waals surface area contributed by atoms with Crippen molar-refractivity contribution in [2.45, 2.75) is 38.8 Å². The number of hydrogen-bond donors (Lipinski definition) is 2. The zero-order valence-corrected chi connectivity index (χ0v) is 15.8. The van der Waals surface area contributed by atoms with Gasteiger partial charge in [0.15, 0.2) is 0 Å². The van der Waals surface area contributed by atoms with Crippen molar-refractivity contribution in [1.29, 1.82) is 0 Å². The summed E-state index contributed by atoms with van der Waals surface area (Å²) in [6.07, 6.45) is 0.761. The Morgan fingerprint density at radius 2 is 2.08 bits per heavy atom. The molecule has 1 aromatic rings. The van der Waals surface area contributed by atoms with E-state index in [1.807, 2.05) is 31.2 Å². The van der Waals surface area contributed by atoms with Gasteiger partial charge in [0.05, 0.1) is 20.3 Å². The number of urea groups is 1. The molecule has 6 heteroatoms. The van der Waals surface area contributed by atoms with Crippen molar-refractivity contribution in [3.8, 4) is 5.75 Å². The lowest BCUT2D eigenvalue weighted by Crippen LogP contribution is -2.56. The second-order valence-electron chi connectivity index (χ2n) is 7.20. The predicted molar refractivity (Wildman–Crippen MR) is 99.2 cm³/mol. The smallest absolute Gasteiger partial charge is 0.315 e. The quantitative estimate of drug-likeness (QED) is 0.791. The fraction of sp³-hybridized carbons (Fsp3) is 0.632. The van der Waals surface area contributed by atoms with Crippen molar-refractivity contribution < 1.29 is 14.3 Å². The Hall–Kier alpha value is -1.79. The maximum atomic E-state index is 12.2. The summed E-state index contributed by atoms with van der Waals surface area (Å²) in [6, 6.07) is 7.83. The normalized spacial score (nSPS) is 17.0. The number of methoxy groups -OCH3 is 1. The first kappa shape index (κ1) is 19.5. The Morgan fingerprint density at radius 3 is 2.76 bits per heavy atom. The van der Waals surface area contributed by atoms with Gasteiger partial charge in [0.2, 0.25) is 0 Å². The minimum atomic E-state index is -0.128. The molecule has 1 heterocycles. The van der Waals surface area contributed by atoms with Gasteiger partial charge in [-0.3, -0.25) is 4.90 Å². The maximum Gasteiger partial charge on any atom is 0.315 e. The van der Waals surface area contributed by atoms with Gasteiger partial charge in [-0.25, -0.2) is 4.79 Å². The third-order valence-electron chi connectivity index (χ3n) is 4.60. The summed E-state index contributed by atoms with van der Waals surface area (Å²) < 4.78 is 10.6. The van der Waals surface area contributed by atoms with Gasteiger partial charge in [-0.05, 0) is 44.9 Å². The van der Waals surface area contributed by atoms with Gasteiger partial charge in [-0.15, -0.1) is 0 Å². The average molecular weight is 349 g/mol.